The predicted octanol–water partition coefficient (Wildman–Crippen LogP) is 4.04. The summed E-state index contributed by atoms with van der Waals surface area (Å²) >= 11 is 0. The van der Waals surface area contributed by atoms with Gasteiger partial charge in [0, 0.05) is 12.4 Å². The van der Waals surface area contributed by atoms with E-state index in [2.05, 4.69) is 15.3 Å². The van der Waals surface area contributed by atoms with Crippen LogP contribution in [0.2, 0.25) is 0 Å². The monoisotopic (exact) mass is 338 g/mol. The van der Waals surface area contributed by atoms with Crippen LogP contribution in [0, 0.1) is 0 Å². The number of fused-ring (bicyclic) bond motifs is 1. The first-order valence-electron chi connectivity index (χ1n) is 7.82. The van der Waals surface area contributed by atoms with Crippen molar-refractivity contribution in [3.63, 3.8) is 0 Å². The van der Waals surface area contributed by atoms with Crippen molar-refractivity contribution in [2.24, 2.45) is 17.3 Å². The molecule has 0 aliphatic carbocycles. The lowest BCUT2D eigenvalue weighted by molar-refractivity contribution is 0.0601. The molecule has 0 saturated carbocycles. The summed E-state index contributed by atoms with van der Waals surface area (Å²) in [6, 6.07) is 9.56. The van der Waals surface area contributed by atoms with Gasteiger partial charge in [-0.05, 0) is 23.4 Å². The zero-order valence-electron chi connectivity index (χ0n) is 14.2. The third-order valence-corrected chi connectivity index (χ3v) is 4.01. The number of aryl methyl sites for hydroxylation is 2. The van der Waals surface area contributed by atoms with Gasteiger partial charge in [-0.3, -0.25) is 0 Å². The Morgan fingerprint density at radius 2 is 2.08 bits per heavy atom. The second-order valence-electron chi connectivity index (χ2n) is 5.50. The summed E-state index contributed by atoms with van der Waals surface area (Å²) in [4.78, 5) is 11.8. The molecule has 0 bridgehead atoms. The fourth-order valence-electron chi connectivity index (χ4n) is 2.65. The standard InChI is InChI=1S/C18H18N4O3/c1-4-11-9-12-7-5-6-8-13(12)15(16(11)23)20-21-17-14(18(24)25-3)10-19-22(17)2/h5-10,23H,4H2,1-3H3. The Bertz CT molecular complexity index is 976. The Hall–Kier alpha value is -3.22. The smallest absolute Gasteiger partial charge is 0.343 e. The fraction of sp³-hybridized carbons (Fsp3) is 0.222. The Morgan fingerprint density at radius 3 is 2.80 bits per heavy atom. The number of rotatable bonds is 4. The lowest BCUT2D eigenvalue weighted by atomic mass is 10.0. The number of carbonyl (C=O) groups excluding carboxylic acids is 1. The van der Waals surface area contributed by atoms with Gasteiger partial charge in [0.1, 0.15) is 17.0 Å². The highest BCUT2D eigenvalue weighted by atomic mass is 16.5. The molecule has 25 heavy (non-hydrogen) atoms. The highest BCUT2D eigenvalue weighted by molar-refractivity contribution is 5.96. The van der Waals surface area contributed by atoms with E-state index >= 15 is 0 Å². The SMILES string of the molecule is CCc1cc2ccccc2c(N=Nc2c(C(=O)OC)cnn2C)c1O. The van der Waals surface area contributed by atoms with Crippen LogP contribution < -0.4 is 0 Å². The third-order valence-electron chi connectivity index (χ3n) is 4.01. The molecule has 0 atom stereocenters. The summed E-state index contributed by atoms with van der Waals surface area (Å²) in [5, 5.41) is 24.7. The molecule has 7 nitrogen and oxygen atoms in total. The van der Waals surface area contributed by atoms with Crippen LogP contribution >= 0.6 is 0 Å². The largest absolute Gasteiger partial charge is 0.505 e. The molecular weight excluding hydrogens is 320 g/mol. The zero-order valence-corrected chi connectivity index (χ0v) is 14.2. The van der Waals surface area contributed by atoms with Crippen molar-refractivity contribution in [2.75, 3.05) is 7.11 Å². The number of hydrogen-bond donors (Lipinski definition) is 1. The summed E-state index contributed by atoms with van der Waals surface area (Å²) in [6.07, 6.45) is 2.04. The van der Waals surface area contributed by atoms with E-state index in [1.54, 1.807) is 7.05 Å². The van der Waals surface area contributed by atoms with Gasteiger partial charge in [-0.25, -0.2) is 9.48 Å². The van der Waals surface area contributed by atoms with Crippen molar-refractivity contribution in [1.29, 1.82) is 0 Å². The molecule has 3 rings (SSSR count). The fourth-order valence-corrected chi connectivity index (χ4v) is 2.65. The topological polar surface area (TPSA) is 89.1 Å². The minimum atomic E-state index is -0.543. The molecule has 1 N–H and O–H groups in total. The summed E-state index contributed by atoms with van der Waals surface area (Å²) in [6.45, 7) is 1.96. The van der Waals surface area contributed by atoms with E-state index in [4.69, 9.17) is 4.74 Å². The number of phenolic OH excluding ortho intramolecular Hbond substituents is 1. The molecular formula is C18H18N4O3. The van der Waals surface area contributed by atoms with Crippen LogP contribution in [-0.4, -0.2) is 28.0 Å². The van der Waals surface area contributed by atoms with Crippen LogP contribution in [0.3, 0.4) is 0 Å². The minimum absolute atomic E-state index is 0.0896. The number of aromatic nitrogens is 2. The molecule has 0 spiro atoms. The van der Waals surface area contributed by atoms with Crippen molar-refractivity contribution in [3.8, 4) is 5.75 Å². The first-order valence-corrected chi connectivity index (χ1v) is 7.82. The van der Waals surface area contributed by atoms with Gasteiger partial charge >= 0.3 is 5.97 Å². The van der Waals surface area contributed by atoms with Gasteiger partial charge in [0.15, 0.2) is 5.82 Å². The lowest BCUT2D eigenvalue weighted by Gasteiger charge is -2.09. The summed E-state index contributed by atoms with van der Waals surface area (Å²) in [5.41, 5.74) is 1.36. The molecule has 0 unspecified atom stereocenters. The van der Waals surface area contributed by atoms with Crippen LogP contribution in [0.1, 0.15) is 22.8 Å². The maximum atomic E-state index is 11.8. The quantitative estimate of drug-likeness (QED) is 0.574. The van der Waals surface area contributed by atoms with E-state index in [0.29, 0.717) is 12.1 Å². The number of aromatic hydroxyl groups is 1. The van der Waals surface area contributed by atoms with Gasteiger partial charge in [0.2, 0.25) is 0 Å². The van der Waals surface area contributed by atoms with E-state index in [0.717, 1.165) is 16.3 Å². The molecule has 128 valence electrons. The molecule has 3 aromatic rings. The lowest BCUT2D eigenvalue weighted by Crippen LogP contribution is -2.00. The van der Waals surface area contributed by atoms with Crippen LogP contribution in [0.5, 0.6) is 5.75 Å². The van der Waals surface area contributed by atoms with E-state index in [1.165, 1.54) is 18.0 Å². The van der Waals surface area contributed by atoms with E-state index in [9.17, 15) is 9.90 Å². The summed E-state index contributed by atoms with van der Waals surface area (Å²) < 4.78 is 6.16. The molecule has 7 heteroatoms. The van der Waals surface area contributed by atoms with Crippen LogP contribution in [-0.2, 0) is 18.2 Å². The average Bonchev–Trinajstić information content (AvgIpc) is 3.00. The number of phenols is 1. The maximum Gasteiger partial charge on any atom is 0.343 e. The van der Waals surface area contributed by atoms with Crippen LogP contribution in [0.15, 0.2) is 46.8 Å². The Morgan fingerprint density at radius 1 is 1.32 bits per heavy atom. The number of benzene rings is 2. The molecule has 0 aliphatic rings. The van der Waals surface area contributed by atoms with Crippen molar-refractivity contribution >= 4 is 28.2 Å². The molecule has 0 radical (unpaired) electrons. The number of azo groups is 1. The maximum absolute atomic E-state index is 11.8. The van der Waals surface area contributed by atoms with Crippen molar-refractivity contribution < 1.29 is 14.6 Å². The average molecular weight is 338 g/mol. The van der Waals surface area contributed by atoms with Crippen LogP contribution in [0.4, 0.5) is 11.5 Å². The first kappa shape index (κ1) is 16.6. The third kappa shape index (κ3) is 2.96. The second kappa shape index (κ2) is 6.72. The van der Waals surface area contributed by atoms with Gasteiger partial charge in [-0.1, -0.05) is 31.2 Å². The molecule has 1 aromatic heterocycles. The van der Waals surface area contributed by atoms with Crippen LogP contribution in [0.25, 0.3) is 10.8 Å². The molecule has 0 aliphatic heterocycles. The minimum Gasteiger partial charge on any atom is -0.505 e. The van der Waals surface area contributed by atoms with Crippen molar-refractivity contribution in [2.45, 2.75) is 13.3 Å². The Labute approximate surface area is 144 Å². The second-order valence-corrected chi connectivity index (χ2v) is 5.50. The molecule has 0 saturated heterocycles. The number of nitrogens with zero attached hydrogens (tertiary/aromatic N) is 4. The highest BCUT2D eigenvalue weighted by Gasteiger charge is 2.17. The number of methoxy groups -OCH3 is 1. The van der Waals surface area contributed by atoms with E-state index < -0.39 is 5.97 Å². The zero-order chi connectivity index (χ0) is 18.0. The number of esters is 1. The number of ether oxygens (including phenoxy) is 1. The molecule has 1 heterocycles. The van der Waals surface area contributed by atoms with Gasteiger partial charge < -0.3 is 9.84 Å². The number of carbonyl (C=O) groups is 1. The van der Waals surface area contributed by atoms with Gasteiger partial charge in [0.05, 0.1) is 13.3 Å². The van der Waals surface area contributed by atoms with Gasteiger partial charge in [-0.2, -0.15) is 5.10 Å². The molecule has 2 aromatic carbocycles. The van der Waals surface area contributed by atoms with Crippen molar-refractivity contribution in [3.05, 3.63) is 47.7 Å². The Balaban J connectivity index is 2.16. The molecule has 0 amide bonds. The first-order chi connectivity index (χ1) is 12.1. The predicted molar refractivity (Wildman–Crippen MR) is 93.7 cm³/mol. The highest BCUT2D eigenvalue weighted by Crippen LogP contribution is 2.39. The normalized spacial score (nSPS) is 11.3. The number of hydrogen-bond acceptors (Lipinski definition) is 6. The van der Waals surface area contributed by atoms with Crippen molar-refractivity contribution in [1.82, 2.24) is 9.78 Å². The van der Waals surface area contributed by atoms with Gasteiger partial charge in [-0.15, -0.1) is 10.2 Å². The Kier molecular flexibility index (Phi) is 4.47. The van der Waals surface area contributed by atoms with E-state index in [1.807, 2.05) is 37.3 Å². The van der Waals surface area contributed by atoms with Gasteiger partial charge in [0.25, 0.3) is 0 Å². The molecule has 0 fully saturated rings. The van der Waals surface area contributed by atoms with E-state index in [-0.39, 0.29) is 17.1 Å². The summed E-state index contributed by atoms with van der Waals surface area (Å²) in [5.74, 6) is -0.192. The summed E-state index contributed by atoms with van der Waals surface area (Å²) in [7, 11) is 2.95.